The van der Waals surface area contributed by atoms with Crippen LogP contribution in [0, 0.1) is 0 Å². The van der Waals surface area contributed by atoms with E-state index in [2.05, 4.69) is 47.5 Å². The molecule has 1 saturated heterocycles. The summed E-state index contributed by atoms with van der Waals surface area (Å²) >= 11 is 0. The molecule has 2 nitrogen and oxygen atoms in total. The molecule has 1 aromatic carbocycles. The molecule has 1 saturated carbocycles. The van der Waals surface area contributed by atoms with Gasteiger partial charge in [0.2, 0.25) is 0 Å². The first kappa shape index (κ1) is 14.1. The zero-order valence-electron chi connectivity index (χ0n) is 12.7. The van der Waals surface area contributed by atoms with Gasteiger partial charge in [0.25, 0.3) is 0 Å². The first-order chi connectivity index (χ1) is 9.85. The quantitative estimate of drug-likeness (QED) is 0.904. The van der Waals surface area contributed by atoms with Gasteiger partial charge in [-0.25, -0.2) is 0 Å². The third-order valence-electron chi connectivity index (χ3n) is 5.07. The fraction of sp³-hybridized carbons (Fsp3) is 0.667. The molecule has 1 aliphatic heterocycles. The third-order valence-corrected chi connectivity index (χ3v) is 5.07. The van der Waals surface area contributed by atoms with E-state index in [1.165, 1.54) is 57.3 Å². The number of hydrogen-bond donors (Lipinski definition) is 1. The summed E-state index contributed by atoms with van der Waals surface area (Å²) in [6.45, 7) is 5.92. The lowest BCUT2D eigenvalue weighted by Crippen LogP contribution is -2.50. The van der Waals surface area contributed by atoms with Gasteiger partial charge in [0.15, 0.2) is 0 Å². The lowest BCUT2D eigenvalue weighted by atomic mass is 9.87. The molecule has 1 N–H and O–H groups in total. The summed E-state index contributed by atoms with van der Waals surface area (Å²) in [6, 6.07) is 12.6. The maximum Gasteiger partial charge on any atom is 0.0203 e. The van der Waals surface area contributed by atoms with E-state index in [0.717, 1.165) is 6.04 Å². The molecule has 2 fully saturated rings. The maximum absolute atomic E-state index is 3.94. The van der Waals surface area contributed by atoms with Gasteiger partial charge in [0.1, 0.15) is 0 Å². The van der Waals surface area contributed by atoms with Crippen LogP contribution in [-0.4, -0.2) is 36.6 Å². The Kier molecular flexibility index (Phi) is 4.74. The van der Waals surface area contributed by atoms with Gasteiger partial charge in [-0.05, 0) is 37.3 Å². The van der Waals surface area contributed by atoms with Crippen molar-refractivity contribution in [1.29, 1.82) is 0 Å². The van der Waals surface area contributed by atoms with Crippen molar-refractivity contribution in [2.24, 2.45) is 0 Å². The zero-order valence-corrected chi connectivity index (χ0v) is 12.7. The van der Waals surface area contributed by atoms with E-state index in [0.29, 0.717) is 12.0 Å². The van der Waals surface area contributed by atoms with E-state index in [1.807, 2.05) is 0 Å². The van der Waals surface area contributed by atoms with Crippen LogP contribution in [0.25, 0.3) is 0 Å². The first-order valence-corrected chi connectivity index (χ1v) is 8.38. The lowest BCUT2D eigenvalue weighted by Gasteiger charge is -2.39. The highest BCUT2D eigenvalue weighted by Crippen LogP contribution is 2.28. The number of likely N-dealkylation sites (N-methyl/N-ethyl adjacent to an activating group) is 1. The molecule has 2 atom stereocenters. The van der Waals surface area contributed by atoms with Crippen LogP contribution in [0.3, 0.4) is 0 Å². The highest BCUT2D eigenvalue weighted by Gasteiger charge is 2.29. The van der Waals surface area contributed by atoms with Crippen molar-refractivity contribution in [3.8, 4) is 0 Å². The van der Waals surface area contributed by atoms with Crippen LogP contribution in [-0.2, 0) is 0 Å². The minimum Gasteiger partial charge on any atom is -0.310 e. The zero-order chi connectivity index (χ0) is 13.8. The average molecular weight is 272 g/mol. The Balaban J connectivity index is 1.65. The molecule has 0 aromatic heterocycles. The van der Waals surface area contributed by atoms with E-state index >= 15 is 0 Å². The molecule has 1 aromatic rings. The van der Waals surface area contributed by atoms with Crippen LogP contribution < -0.4 is 5.32 Å². The lowest BCUT2D eigenvalue weighted by molar-refractivity contribution is 0.171. The molecule has 1 aliphatic carbocycles. The van der Waals surface area contributed by atoms with Crippen molar-refractivity contribution in [2.45, 2.75) is 57.0 Å². The van der Waals surface area contributed by atoms with Gasteiger partial charge in [-0.2, -0.15) is 0 Å². The van der Waals surface area contributed by atoms with Gasteiger partial charge < -0.3 is 10.2 Å². The van der Waals surface area contributed by atoms with Gasteiger partial charge >= 0.3 is 0 Å². The Bertz CT molecular complexity index is 397. The normalized spacial score (nSPS) is 28.9. The number of hydrogen-bond acceptors (Lipinski definition) is 2. The van der Waals surface area contributed by atoms with Gasteiger partial charge in [-0.15, -0.1) is 0 Å². The van der Waals surface area contributed by atoms with Crippen molar-refractivity contribution >= 4 is 0 Å². The van der Waals surface area contributed by atoms with Gasteiger partial charge in [-0.1, -0.05) is 50.1 Å². The topological polar surface area (TPSA) is 15.3 Å². The van der Waals surface area contributed by atoms with Gasteiger partial charge in [-0.3, -0.25) is 0 Å². The molecule has 2 heteroatoms. The minimum atomic E-state index is 0.678. The van der Waals surface area contributed by atoms with E-state index in [-0.39, 0.29) is 0 Å². The van der Waals surface area contributed by atoms with Crippen molar-refractivity contribution in [3.05, 3.63) is 35.9 Å². The summed E-state index contributed by atoms with van der Waals surface area (Å²) in [6.07, 6.45) is 6.92. The summed E-state index contributed by atoms with van der Waals surface area (Å²) < 4.78 is 0. The highest BCUT2D eigenvalue weighted by molar-refractivity contribution is 5.21. The monoisotopic (exact) mass is 272 g/mol. The van der Waals surface area contributed by atoms with Crippen molar-refractivity contribution in [1.82, 2.24) is 10.2 Å². The molecular weight excluding hydrogens is 244 g/mol. The van der Waals surface area contributed by atoms with Crippen LogP contribution in [0.15, 0.2) is 30.3 Å². The largest absolute Gasteiger partial charge is 0.310 e. The molecule has 0 amide bonds. The Morgan fingerprint density at radius 2 is 1.80 bits per heavy atom. The van der Waals surface area contributed by atoms with Crippen LogP contribution in [0.1, 0.15) is 50.5 Å². The second-order valence-electron chi connectivity index (χ2n) is 6.54. The first-order valence-electron chi connectivity index (χ1n) is 8.38. The van der Waals surface area contributed by atoms with Crippen LogP contribution >= 0.6 is 0 Å². The molecular formula is C18H28N2. The molecule has 110 valence electrons. The number of benzene rings is 1. The predicted molar refractivity (Wildman–Crippen MR) is 85.1 cm³/mol. The molecule has 0 spiro atoms. The smallest absolute Gasteiger partial charge is 0.0203 e. The van der Waals surface area contributed by atoms with E-state index < -0.39 is 0 Å². The molecule has 0 radical (unpaired) electrons. The summed E-state index contributed by atoms with van der Waals surface area (Å²) in [5, 5.41) is 3.94. The Hall–Kier alpha value is -0.860. The number of likely N-dealkylation sites (tertiary alicyclic amines) is 1. The van der Waals surface area contributed by atoms with Gasteiger partial charge in [0, 0.05) is 25.2 Å². The average Bonchev–Trinajstić information content (AvgIpc) is 3.00. The van der Waals surface area contributed by atoms with Crippen LogP contribution in [0.5, 0.6) is 0 Å². The maximum atomic E-state index is 3.94. The minimum absolute atomic E-state index is 0.678. The van der Waals surface area contributed by atoms with E-state index in [4.69, 9.17) is 0 Å². The van der Waals surface area contributed by atoms with Crippen LogP contribution in [0.2, 0.25) is 0 Å². The van der Waals surface area contributed by atoms with Gasteiger partial charge in [0.05, 0.1) is 0 Å². The predicted octanol–water partition coefficient (Wildman–Crippen LogP) is 3.40. The Morgan fingerprint density at radius 3 is 2.50 bits per heavy atom. The van der Waals surface area contributed by atoms with Crippen molar-refractivity contribution < 1.29 is 0 Å². The molecule has 2 aliphatic rings. The van der Waals surface area contributed by atoms with Crippen LogP contribution in [0.4, 0.5) is 0 Å². The number of rotatable bonds is 4. The van der Waals surface area contributed by atoms with Crippen molar-refractivity contribution in [2.75, 3.05) is 19.6 Å². The summed E-state index contributed by atoms with van der Waals surface area (Å²) in [7, 11) is 0. The molecule has 0 bridgehead atoms. The summed E-state index contributed by atoms with van der Waals surface area (Å²) in [5.74, 6) is 0.698. The Labute approximate surface area is 123 Å². The molecule has 2 unspecified atom stereocenters. The number of piperidine rings is 1. The van der Waals surface area contributed by atoms with Crippen molar-refractivity contribution in [3.63, 3.8) is 0 Å². The molecule has 20 heavy (non-hydrogen) atoms. The Morgan fingerprint density at radius 1 is 1.05 bits per heavy atom. The highest BCUT2D eigenvalue weighted by atomic mass is 15.2. The molecule has 3 rings (SSSR count). The standard InChI is InChI=1S/C18H28N2/c1-2-20-13-16(15-8-4-3-5-9-15)12-18(14-20)19-17-10-6-7-11-17/h3-5,8-9,16-19H,2,6-7,10-14H2,1H3. The van der Waals surface area contributed by atoms with E-state index in [1.54, 1.807) is 0 Å². The van der Waals surface area contributed by atoms with E-state index in [9.17, 15) is 0 Å². The fourth-order valence-corrected chi connectivity index (χ4v) is 3.96. The fourth-order valence-electron chi connectivity index (χ4n) is 3.96. The summed E-state index contributed by atoms with van der Waals surface area (Å²) in [4.78, 5) is 2.62. The number of nitrogens with zero attached hydrogens (tertiary/aromatic N) is 1. The SMILES string of the molecule is CCN1CC(NC2CCCC2)CC(c2ccccc2)C1. The number of nitrogens with one attached hydrogen (secondary N) is 1. The third kappa shape index (κ3) is 3.42. The summed E-state index contributed by atoms with van der Waals surface area (Å²) in [5.41, 5.74) is 1.52. The second kappa shape index (κ2) is 6.73. The molecule has 1 heterocycles. The second-order valence-corrected chi connectivity index (χ2v) is 6.54.